The number of aryl methyl sites for hydroxylation is 1. The lowest BCUT2D eigenvalue weighted by molar-refractivity contribution is 0.0218. The first-order chi connectivity index (χ1) is 12.6. The van der Waals surface area contributed by atoms with Crippen LogP contribution in [0.3, 0.4) is 0 Å². The van der Waals surface area contributed by atoms with Gasteiger partial charge in [-0.15, -0.1) is 5.10 Å². The number of piperazine rings is 1. The molecule has 148 valence electrons. The van der Waals surface area contributed by atoms with Crippen LogP contribution in [0.1, 0.15) is 40.3 Å². The first-order valence-electron chi connectivity index (χ1n) is 9.02. The maximum Gasteiger partial charge on any atom is 0.410 e. The van der Waals surface area contributed by atoms with Gasteiger partial charge >= 0.3 is 6.09 Å². The van der Waals surface area contributed by atoms with Crippen LogP contribution in [0.4, 0.5) is 10.5 Å². The van der Waals surface area contributed by atoms with Crippen molar-refractivity contribution in [1.82, 2.24) is 24.5 Å². The number of ether oxygens (including phenoxy) is 1. The predicted molar refractivity (Wildman–Crippen MR) is 105 cm³/mol. The average molecular weight is 441 g/mol. The molecule has 1 atom stereocenters. The molecule has 3 heterocycles. The number of carbonyl (C=O) groups excluding carboxylic acids is 1. The van der Waals surface area contributed by atoms with Gasteiger partial charge in [0.2, 0.25) is 10.5 Å². The molecule has 0 bridgehead atoms. The van der Waals surface area contributed by atoms with Crippen LogP contribution >= 0.6 is 15.9 Å². The number of aromatic amines is 1. The van der Waals surface area contributed by atoms with Crippen molar-refractivity contribution in [2.45, 2.75) is 52.7 Å². The molecule has 1 fully saturated rings. The summed E-state index contributed by atoms with van der Waals surface area (Å²) in [6.45, 7) is 11.0. The van der Waals surface area contributed by atoms with Crippen molar-refractivity contribution in [1.29, 1.82) is 0 Å². The van der Waals surface area contributed by atoms with Crippen LogP contribution in [-0.2, 0) is 11.2 Å². The molecule has 3 rings (SSSR count). The third kappa shape index (κ3) is 3.95. The second kappa shape index (κ2) is 7.14. The van der Waals surface area contributed by atoms with Crippen LogP contribution in [0.15, 0.2) is 9.53 Å². The first-order valence-corrected chi connectivity index (χ1v) is 9.82. The van der Waals surface area contributed by atoms with Gasteiger partial charge in [0.15, 0.2) is 0 Å². The van der Waals surface area contributed by atoms with Gasteiger partial charge in [-0.2, -0.15) is 9.50 Å². The Morgan fingerprint density at radius 1 is 1.37 bits per heavy atom. The second-order valence-electron chi connectivity index (χ2n) is 7.70. The molecule has 1 aliphatic heterocycles. The fourth-order valence-electron chi connectivity index (χ4n) is 3.27. The van der Waals surface area contributed by atoms with Gasteiger partial charge in [-0.1, -0.05) is 6.92 Å². The van der Waals surface area contributed by atoms with Crippen molar-refractivity contribution in [3.8, 4) is 0 Å². The Balaban J connectivity index is 1.89. The largest absolute Gasteiger partial charge is 0.444 e. The standard InChI is InChI=1S/C17H25BrN6O3/c1-6-11-12(13(25)24-15(19-11)20-14(18)21-24)23-8-7-22(9-10(23)2)16(26)27-17(3,4)5/h10H,6-9H2,1-5H3,(H,19,20,21)/t10-/m0/s1. The van der Waals surface area contributed by atoms with Crippen molar-refractivity contribution in [2.75, 3.05) is 24.5 Å². The van der Waals surface area contributed by atoms with Crippen molar-refractivity contribution in [3.05, 3.63) is 20.8 Å². The number of carbonyl (C=O) groups is 1. The summed E-state index contributed by atoms with van der Waals surface area (Å²) in [5.41, 5.74) is 0.648. The molecule has 1 N–H and O–H groups in total. The summed E-state index contributed by atoms with van der Waals surface area (Å²) in [4.78, 5) is 36.5. The number of fused-ring (bicyclic) bond motifs is 1. The van der Waals surface area contributed by atoms with Crippen LogP contribution in [0.25, 0.3) is 5.78 Å². The molecule has 0 aromatic carbocycles. The normalized spacial score (nSPS) is 18.2. The smallest absolute Gasteiger partial charge is 0.410 e. The summed E-state index contributed by atoms with van der Waals surface area (Å²) in [5.74, 6) is 0.410. The number of rotatable bonds is 2. The third-order valence-corrected chi connectivity index (χ3v) is 4.78. The van der Waals surface area contributed by atoms with Crippen molar-refractivity contribution >= 4 is 33.5 Å². The monoisotopic (exact) mass is 440 g/mol. The Morgan fingerprint density at radius 2 is 2.07 bits per heavy atom. The molecule has 2 aromatic heterocycles. The molecule has 1 amide bonds. The van der Waals surface area contributed by atoms with Crippen LogP contribution in [-0.4, -0.2) is 61.9 Å². The average Bonchev–Trinajstić information content (AvgIpc) is 2.94. The minimum Gasteiger partial charge on any atom is -0.444 e. The molecule has 27 heavy (non-hydrogen) atoms. The van der Waals surface area contributed by atoms with E-state index in [-0.39, 0.29) is 17.7 Å². The van der Waals surface area contributed by atoms with Crippen molar-refractivity contribution in [2.24, 2.45) is 0 Å². The number of nitrogens with one attached hydrogen (secondary N) is 1. The zero-order valence-corrected chi connectivity index (χ0v) is 17.8. The summed E-state index contributed by atoms with van der Waals surface area (Å²) < 4.78 is 7.10. The van der Waals surface area contributed by atoms with Gasteiger partial charge in [0.05, 0.1) is 0 Å². The maximum absolute atomic E-state index is 13.0. The first kappa shape index (κ1) is 19.7. The molecule has 10 heteroatoms. The molecule has 0 unspecified atom stereocenters. The lowest BCUT2D eigenvalue weighted by Crippen LogP contribution is -2.56. The van der Waals surface area contributed by atoms with E-state index in [1.807, 2.05) is 39.5 Å². The Bertz CT molecular complexity index is 916. The minimum absolute atomic E-state index is 0.0397. The zero-order valence-electron chi connectivity index (χ0n) is 16.2. The number of hydrogen-bond donors (Lipinski definition) is 1. The summed E-state index contributed by atoms with van der Waals surface area (Å²) in [5, 5.41) is 4.12. The van der Waals surface area contributed by atoms with Gasteiger partial charge in [0, 0.05) is 31.4 Å². The van der Waals surface area contributed by atoms with Gasteiger partial charge in [0.1, 0.15) is 11.3 Å². The summed E-state index contributed by atoms with van der Waals surface area (Å²) in [6, 6.07) is -0.0397. The van der Waals surface area contributed by atoms with E-state index in [1.54, 1.807) is 4.90 Å². The maximum atomic E-state index is 13.0. The Kier molecular flexibility index (Phi) is 5.20. The fourth-order valence-corrected chi connectivity index (χ4v) is 3.59. The molecular weight excluding hydrogens is 416 g/mol. The number of halogens is 1. The number of nitrogens with zero attached hydrogens (tertiary/aromatic N) is 5. The number of H-pyrrole nitrogens is 1. The predicted octanol–water partition coefficient (Wildman–Crippen LogP) is 2.19. The molecule has 1 saturated heterocycles. The number of anilines is 1. The van der Waals surface area contributed by atoms with Crippen LogP contribution in [0.2, 0.25) is 0 Å². The molecule has 1 aliphatic rings. The summed E-state index contributed by atoms with van der Waals surface area (Å²) in [6.07, 6.45) is 0.333. The van der Waals surface area contributed by atoms with Gasteiger partial charge in [0.25, 0.3) is 5.56 Å². The summed E-state index contributed by atoms with van der Waals surface area (Å²) in [7, 11) is 0. The SMILES string of the molecule is CCc1[nH]c2nc(Br)nn2c(=O)c1N1CCN(C(=O)OC(C)(C)C)C[C@@H]1C. The Morgan fingerprint density at radius 3 is 2.67 bits per heavy atom. The highest BCUT2D eigenvalue weighted by Gasteiger charge is 2.32. The van der Waals surface area contributed by atoms with Crippen LogP contribution < -0.4 is 10.5 Å². The lowest BCUT2D eigenvalue weighted by Gasteiger charge is -2.41. The highest BCUT2D eigenvalue weighted by Crippen LogP contribution is 2.22. The number of hydrogen-bond acceptors (Lipinski definition) is 6. The van der Waals surface area contributed by atoms with E-state index in [4.69, 9.17) is 4.74 Å². The highest BCUT2D eigenvalue weighted by atomic mass is 79.9. The summed E-state index contributed by atoms with van der Waals surface area (Å²) >= 11 is 3.21. The van der Waals surface area contributed by atoms with E-state index < -0.39 is 5.60 Å². The van der Waals surface area contributed by atoms with E-state index in [1.165, 1.54) is 4.52 Å². The quantitative estimate of drug-likeness (QED) is 0.768. The molecule has 0 aliphatic carbocycles. The fraction of sp³-hybridized carbons (Fsp3) is 0.647. The van der Waals surface area contributed by atoms with E-state index in [0.29, 0.717) is 42.3 Å². The van der Waals surface area contributed by atoms with E-state index >= 15 is 0 Å². The molecule has 0 saturated carbocycles. The molecule has 9 nitrogen and oxygen atoms in total. The highest BCUT2D eigenvalue weighted by molar-refractivity contribution is 9.10. The third-order valence-electron chi connectivity index (χ3n) is 4.44. The van der Waals surface area contributed by atoms with Crippen molar-refractivity contribution in [3.63, 3.8) is 0 Å². The zero-order chi connectivity index (χ0) is 19.9. The molecule has 0 spiro atoms. The van der Waals surface area contributed by atoms with E-state index in [9.17, 15) is 9.59 Å². The lowest BCUT2D eigenvalue weighted by atomic mass is 10.1. The molecule has 0 radical (unpaired) electrons. The van der Waals surface area contributed by atoms with Crippen molar-refractivity contribution < 1.29 is 9.53 Å². The second-order valence-corrected chi connectivity index (χ2v) is 8.41. The number of amides is 1. The van der Waals surface area contributed by atoms with Gasteiger partial charge in [-0.3, -0.25) is 4.79 Å². The topological polar surface area (TPSA) is 95.8 Å². The van der Waals surface area contributed by atoms with Gasteiger partial charge in [-0.05, 0) is 50.0 Å². The Labute approximate surface area is 165 Å². The number of aromatic nitrogens is 4. The molecule has 2 aromatic rings. The minimum atomic E-state index is -0.532. The van der Waals surface area contributed by atoms with Gasteiger partial charge < -0.3 is 19.5 Å². The van der Waals surface area contributed by atoms with E-state index in [2.05, 4.69) is 31.0 Å². The van der Waals surface area contributed by atoms with Gasteiger partial charge in [-0.25, -0.2) is 4.79 Å². The molecular formula is C17H25BrN6O3. The van der Waals surface area contributed by atoms with E-state index in [0.717, 1.165) is 5.69 Å². The Hall–Kier alpha value is -2.10. The van der Waals surface area contributed by atoms with Crippen LogP contribution in [0.5, 0.6) is 0 Å². The van der Waals surface area contributed by atoms with Crippen LogP contribution in [0, 0.1) is 0 Å².